The topological polar surface area (TPSA) is 167 Å². The third kappa shape index (κ3) is 4.64. The van der Waals surface area contributed by atoms with Gasteiger partial charge in [0, 0.05) is 0 Å². The quantitative estimate of drug-likeness (QED) is 0.550. The highest BCUT2D eigenvalue weighted by atomic mass is 35.5. The lowest BCUT2D eigenvalue weighted by Gasteiger charge is -2.23. The number of urea groups is 1. The molecule has 3 rings (SSSR count). The predicted octanol–water partition coefficient (Wildman–Crippen LogP) is 0.997. The molecule has 0 saturated heterocycles. The van der Waals surface area contributed by atoms with Gasteiger partial charge in [0.25, 0.3) is 15.9 Å². The molecule has 0 saturated carbocycles. The molecule has 15 heteroatoms. The highest BCUT2D eigenvalue weighted by molar-refractivity contribution is 7.90. The number of hydrogen-bond acceptors (Lipinski definition) is 10. The molecule has 166 valence electrons. The van der Waals surface area contributed by atoms with Gasteiger partial charge in [0.1, 0.15) is 0 Å². The van der Waals surface area contributed by atoms with Crippen molar-refractivity contribution in [2.75, 3.05) is 38.6 Å². The van der Waals surface area contributed by atoms with Crippen molar-refractivity contribution < 1.29 is 37.0 Å². The van der Waals surface area contributed by atoms with Gasteiger partial charge in [-0.05, 0) is 6.07 Å². The van der Waals surface area contributed by atoms with Gasteiger partial charge in [-0.1, -0.05) is 11.6 Å². The summed E-state index contributed by atoms with van der Waals surface area (Å²) in [6, 6.07) is 1.42. The van der Waals surface area contributed by atoms with Crippen LogP contribution in [-0.4, -0.2) is 58.3 Å². The Morgan fingerprint density at radius 1 is 1.16 bits per heavy atom. The van der Waals surface area contributed by atoms with Gasteiger partial charge >= 0.3 is 6.03 Å². The summed E-state index contributed by atoms with van der Waals surface area (Å²) < 4.78 is 48.0. The fourth-order valence-corrected chi connectivity index (χ4v) is 4.14. The fourth-order valence-electron chi connectivity index (χ4n) is 2.56. The summed E-state index contributed by atoms with van der Waals surface area (Å²) in [6.45, 7) is -0.441. The molecule has 13 nitrogen and oxygen atoms in total. The molecule has 31 heavy (non-hydrogen) atoms. The Morgan fingerprint density at radius 2 is 1.81 bits per heavy atom. The molecule has 0 bridgehead atoms. The second kappa shape index (κ2) is 8.69. The number of carbonyl (C=O) groups is 2. The molecule has 1 aromatic carbocycles. The van der Waals surface area contributed by atoms with E-state index < -0.39 is 33.5 Å². The molecule has 0 fully saturated rings. The van der Waals surface area contributed by atoms with E-state index in [1.54, 1.807) is 4.72 Å². The van der Waals surface area contributed by atoms with Crippen molar-refractivity contribution >= 4 is 45.2 Å². The molecule has 1 aromatic heterocycles. The summed E-state index contributed by atoms with van der Waals surface area (Å²) in [5.74, 6) is -1.17. The third-order valence-electron chi connectivity index (χ3n) is 3.79. The van der Waals surface area contributed by atoms with Crippen LogP contribution in [0.15, 0.2) is 17.0 Å². The van der Waals surface area contributed by atoms with E-state index in [2.05, 4.69) is 20.6 Å². The zero-order valence-corrected chi connectivity index (χ0v) is 17.9. The Kier molecular flexibility index (Phi) is 6.21. The molecule has 0 spiro atoms. The molecule has 2 aromatic rings. The molecule has 0 atom stereocenters. The van der Waals surface area contributed by atoms with Gasteiger partial charge in [-0.25, -0.2) is 17.9 Å². The van der Waals surface area contributed by atoms with Crippen LogP contribution >= 0.6 is 11.6 Å². The smallest absolute Gasteiger partial charge is 0.335 e. The fraction of sp³-hybridized carbons (Fsp3) is 0.250. The van der Waals surface area contributed by atoms with Crippen LogP contribution in [0, 0.1) is 0 Å². The number of rotatable bonds is 6. The number of aromatic nitrogens is 2. The number of nitrogens with zero attached hydrogens (tertiary/aromatic N) is 2. The van der Waals surface area contributed by atoms with Crippen molar-refractivity contribution in [1.82, 2.24) is 14.7 Å². The SMILES string of the molecule is COc1cc(OC)nc(NC(=O)NS(=O)(=O)c2c(OC)c(Cl)cc3c2OCC(=O)N3)n1. The minimum Gasteiger partial charge on any atom is -0.494 e. The number of halogens is 1. The van der Waals surface area contributed by atoms with Crippen LogP contribution in [0.1, 0.15) is 0 Å². The lowest BCUT2D eigenvalue weighted by Crippen LogP contribution is -2.36. The minimum atomic E-state index is -4.60. The molecular weight excluding hydrogens is 458 g/mol. The van der Waals surface area contributed by atoms with Crippen molar-refractivity contribution in [3.05, 3.63) is 17.2 Å². The Morgan fingerprint density at radius 3 is 2.39 bits per heavy atom. The predicted molar refractivity (Wildman–Crippen MR) is 107 cm³/mol. The number of anilines is 2. The zero-order valence-electron chi connectivity index (χ0n) is 16.3. The first kappa shape index (κ1) is 22.2. The van der Waals surface area contributed by atoms with E-state index in [0.29, 0.717) is 0 Å². The average Bonchev–Trinajstić information content (AvgIpc) is 2.71. The van der Waals surface area contributed by atoms with Gasteiger partial charge in [0.15, 0.2) is 23.0 Å². The van der Waals surface area contributed by atoms with Gasteiger partial charge < -0.3 is 24.3 Å². The maximum absolute atomic E-state index is 13.0. The molecule has 0 aliphatic carbocycles. The number of nitrogens with one attached hydrogen (secondary N) is 3. The van der Waals surface area contributed by atoms with Gasteiger partial charge in [-0.3, -0.25) is 10.1 Å². The van der Waals surface area contributed by atoms with Crippen molar-refractivity contribution in [2.45, 2.75) is 4.90 Å². The minimum absolute atomic E-state index is 0.00342. The summed E-state index contributed by atoms with van der Waals surface area (Å²) in [5, 5.41) is 4.47. The van der Waals surface area contributed by atoms with Crippen LogP contribution < -0.4 is 34.3 Å². The number of ether oxygens (including phenoxy) is 4. The van der Waals surface area contributed by atoms with Crippen LogP contribution in [0.5, 0.6) is 23.3 Å². The van der Waals surface area contributed by atoms with Crippen LogP contribution in [0.3, 0.4) is 0 Å². The van der Waals surface area contributed by atoms with Gasteiger partial charge in [-0.15, -0.1) is 0 Å². The Hall–Kier alpha value is -3.52. The highest BCUT2D eigenvalue weighted by Crippen LogP contribution is 2.45. The molecule has 1 aliphatic rings. The van der Waals surface area contributed by atoms with E-state index in [0.717, 1.165) is 0 Å². The van der Waals surface area contributed by atoms with E-state index >= 15 is 0 Å². The van der Waals surface area contributed by atoms with Crippen molar-refractivity contribution in [1.29, 1.82) is 0 Å². The van der Waals surface area contributed by atoms with E-state index in [-0.39, 0.29) is 39.9 Å². The molecule has 3 N–H and O–H groups in total. The summed E-state index contributed by atoms with van der Waals surface area (Å²) >= 11 is 6.08. The number of benzene rings is 1. The van der Waals surface area contributed by atoms with E-state index in [9.17, 15) is 18.0 Å². The number of fused-ring (bicyclic) bond motifs is 1. The van der Waals surface area contributed by atoms with Gasteiger partial charge in [-0.2, -0.15) is 9.97 Å². The van der Waals surface area contributed by atoms with Crippen LogP contribution in [0.2, 0.25) is 5.02 Å². The van der Waals surface area contributed by atoms with Crippen molar-refractivity contribution in [3.8, 4) is 23.3 Å². The summed E-state index contributed by atoms with van der Waals surface area (Å²) in [4.78, 5) is 31.1. The maximum Gasteiger partial charge on any atom is 0.335 e. The molecule has 0 radical (unpaired) electrons. The van der Waals surface area contributed by atoms with Crippen molar-refractivity contribution in [2.24, 2.45) is 0 Å². The highest BCUT2D eigenvalue weighted by Gasteiger charge is 2.34. The number of methoxy groups -OCH3 is 3. The molecular formula is C16H16ClN5O8S. The van der Waals surface area contributed by atoms with E-state index in [1.807, 2.05) is 0 Å². The number of amides is 3. The Labute approximate surface area is 181 Å². The van der Waals surface area contributed by atoms with E-state index in [4.69, 9.17) is 30.5 Å². The normalized spacial score (nSPS) is 12.7. The Balaban J connectivity index is 1.94. The average molecular weight is 474 g/mol. The van der Waals surface area contributed by atoms with Crippen LogP contribution in [0.4, 0.5) is 16.4 Å². The summed E-state index contributed by atoms with van der Waals surface area (Å²) in [7, 11) is -0.743. The number of hydrogen-bond donors (Lipinski definition) is 3. The molecule has 2 heterocycles. The lowest BCUT2D eigenvalue weighted by atomic mass is 10.2. The van der Waals surface area contributed by atoms with Crippen LogP contribution in [-0.2, 0) is 14.8 Å². The summed E-state index contributed by atoms with van der Waals surface area (Å²) in [5.41, 5.74) is 0.00342. The standard InChI is InChI=1S/C16H16ClN5O8S/c1-27-10-5-11(28-2)20-15(19-10)21-16(24)22-31(25,26)14-12(29-3)7(17)4-8-13(14)30-6-9(23)18-8/h4-5H,6H2,1-3H3,(H,18,23)(H2,19,20,21,22,24). The first-order chi connectivity index (χ1) is 14.7. The molecule has 3 amide bonds. The van der Waals surface area contributed by atoms with Gasteiger partial charge in [0.05, 0.1) is 38.1 Å². The largest absolute Gasteiger partial charge is 0.494 e. The number of sulfonamides is 1. The lowest BCUT2D eigenvalue weighted by molar-refractivity contribution is -0.118. The second-order valence-corrected chi connectivity index (χ2v) is 7.80. The third-order valence-corrected chi connectivity index (χ3v) is 5.43. The number of carbonyl (C=O) groups excluding carboxylic acids is 2. The van der Waals surface area contributed by atoms with Gasteiger partial charge in [0.2, 0.25) is 17.7 Å². The second-order valence-electron chi connectivity index (χ2n) is 5.77. The van der Waals surface area contributed by atoms with Crippen molar-refractivity contribution in [3.63, 3.8) is 0 Å². The Bertz CT molecular complexity index is 1130. The molecule has 0 unspecified atom stereocenters. The van der Waals surface area contributed by atoms with E-state index in [1.165, 1.54) is 33.5 Å². The molecule has 1 aliphatic heterocycles. The monoisotopic (exact) mass is 473 g/mol. The first-order valence-electron chi connectivity index (χ1n) is 8.32. The maximum atomic E-state index is 13.0. The zero-order chi connectivity index (χ0) is 22.8. The summed E-state index contributed by atoms with van der Waals surface area (Å²) in [6.07, 6.45) is 0. The van der Waals surface area contributed by atoms with Crippen LogP contribution in [0.25, 0.3) is 0 Å². The first-order valence-corrected chi connectivity index (χ1v) is 10.2.